The van der Waals surface area contributed by atoms with Gasteiger partial charge in [-0.15, -0.1) is 0 Å². The third-order valence-electron chi connectivity index (χ3n) is 3.54. The molecule has 2 aromatic rings. The summed E-state index contributed by atoms with van der Waals surface area (Å²) < 4.78 is 69.2. The minimum absolute atomic E-state index is 0.185. The number of imidazole rings is 1. The summed E-state index contributed by atoms with van der Waals surface area (Å²) in [6.45, 7) is 0. The van der Waals surface area contributed by atoms with Gasteiger partial charge in [0.15, 0.2) is 0 Å². The fourth-order valence-electron chi connectivity index (χ4n) is 2.06. The summed E-state index contributed by atoms with van der Waals surface area (Å²) >= 11 is 11.7. The monoisotopic (exact) mass is 442 g/mol. The third-order valence-corrected chi connectivity index (χ3v) is 7.38. The number of rotatable bonds is 6. The van der Waals surface area contributed by atoms with Crippen LogP contribution in [-0.4, -0.2) is 32.4 Å². The van der Waals surface area contributed by atoms with E-state index in [1.54, 1.807) is 0 Å². The quantitative estimate of drug-likeness (QED) is 0.711. The first-order valence-electron chi connectivity index (χ1n) is 7.22. The molecule has 1 aromatic carbocycles. The van der Waals surface area contributed by atoms with Crippen molar-refractivity contribution in [1.29, 1.82) is 0 Å². The molecule has 1 saturated carbocycles. The highest BCUT2D eigenvalue weighted by atomic mass is 35.5. The van der Waals surface area contributed by atoms with Crippen LogP contribution in [0.5, 0.6) is 0 Å². The van der Waals surface area contributed by atoms with E-state index in [4.69, 9.17) is 23.2 Å². The van der Waals surface area contributed by atoms with Gasteiger partial charge >= 0.3 is 0 Å². The van der Waals surface area contributed by atoms with Gasteiger partial charge in [0.25, 0.3) is 10.0 Å². The van der Waals surface area contributed by atoms with Crippen LogP contribution in [0.2, 0.25) is 10.2 Å². The van der Waals surface area contributed by atoms with Crippen LogP contribution in [-0.2, 0) is 27.1 Å². The SMILES string of the molecule is Cn1cnc(S(=O)(=O)Nc2cc(S(=O)(=O)NC3CC3)c(Cl)cc2F)c1Cl. The van der Waals surface area contributed by atoms with Crippen LogP contribution in [0, 0.1) is 5.82 Å². The van der Waals surface area contributed by atoms with Crippen molar-refractivity contribution in [3.8, 4) is 0 Å². The molecule has 142 valence electrons. The van der Waals surface area contributed by atoms with Gasteiger partial charge in [-0.05, 0) is 25.0 Å². The minimum Gasteiger partial charge on any atom is -0.324 e. The van der Waals surface area contributed by atoms with Crippen molar-refractivity contribution in [2.24, 2.45) is 7.05 Å². The van der Waals surface area contributed by atoms with Crippen molar-refractivity contribution < 1.29 is 21.2 Å². The van der Waals surface area contributed by atoms with E-state index in [1.807, 2.05) is 4.72 Å². The number of nitrogens with zero attached hydrogens (tertiary/aromatic N) is 2. The molecular formula is C13H13Cl2FN4O4S2. The van der Waals surface area contributed by atoms with Crippen molar-refractivity contribution in [2.75, 3.05) is 4.72 Å². The molecule has 2 N–H and O–H groups in total. The van der Waals surface area contributed by atoms with E-state index in [0.29, 0.717) is 12.8 Å². The average molecular weight is 443 g/mol. The number of aryl methyl sites for hydroxylation is 1. The number of nitrogens with one attached hydrogen (secondary N) is 2. The summed E-state index contributed by atoms with van der Waals surface area (Å²) in [7, 11) is -6.89. The molecule has 0 radical (unpaired) electrons. The van der Waals surface area contributed by atoms with Gasteiger partial charge in [-0.2, -0.15) is 8.42 Å². The highest BCUT2D eigenvalue weighted by molar-refractivity contribution is 7.92. The number of aromatic nitrogens is 2. The van der Waals surface area contributed by atoms with Gasteiger partial charge in [0.1, 0.15) is 15.9 Å². The first-order chi connectivity index (χ1) is 12.0. The molecule has 0 amide bonds. The first-order valence-corrected chi connectivity index (χ1v) is 10.9. The van der Waals surface area contributed by atoms with Crippen molar-refractivity contribution in [3.05, 3.63) is 34.5 Å². The van der Waals surface area contributed by atoms with Gasteiger partial charge in [-0.25, -0.2) is 22.5 Å². The number of hydrogen-bond donors (Lipinski definition) is 2. The third kappa shape index (κ3) is 3.81. The second kappa shape index (κ2) is 6.64. The van der Waals surface area contributed by atoms with Crippen molar-refractivity contribution in [1.82, 2.24) is 14.3 Å². The molecule has 0 bridgehead atoms. The molecule has 0 unspecified atom stereocenters. The molecule has 3 rings (SSSR count). The van der Waals surface area contributed by atoms with Crippen LogP contribution < -0.4 is 9.44 Å². The Balaban J connectivity index is 2.00. The topological polar surface area (TPSA) is 110 Å². The Labute approximate surface area is 159 Å². The zero-order chi connectivity index (χ0) is 19.3. The van der Waals surface area contributed by atoms with E-state index in [1.165, 1.54) is 17.9 Å². The van der Waals surface area contributed by atoms with Crippen LogP contribution in [0.25, 0.3) is 0 Å². The lowest BCUT2D eigenvalue weighted by atomic mass is 10.3. The summed E-state index contributed by atoms with van der Waals surface area (Å²) in [4.78, 5) is 3.22. The fraction of sp³-hybridized carbons (Fsp3) is 0.308. The van der Waals surface area contributed by atoms with Crippen LogP contribution in [0.3, 0.4) is 0 Å². The van der Waals surface area contributed by atoms with E-state index in [9.17, 15) is 21.2 Å². The maximum Gasteiger partial charge on any atom is 0.282 e. The smallest absolute Gasteiger partial charge is 0.282 e. The number of benzene rings is 1. The molecule has 0 saturated heterocycles. The minimum atomic E-state index is -4.34. The van der Waals surface area contributed by atoms with Crippen LogP contribution >= 0.6 is 23.2 Å². The molecule has 26 heavy (non-hydrogen) atoms. The summed E-state index contributed by atoms with van der Waals surface area (Å²) in [6.07, 6.45) is 2.55. The lowest BCUT2D eigenvalue weighted by molar-refractivity contribution is 0.579. The molecular weight excluding hydrogens is 430 g/mol. The Morgan fingerprint density at radius 1 is 1.19 bits per heavy atom. The van der Waals surface area contributed by atoms with Gasteiger partial charge in [0.05, 0.1) is 17.0 Å². The highest BCUT2D eigenvalue weighted by Gasteiger charge is 2.31. The van der Waals surface area contributed by atoms with Crippen LogP contribution in [0.15, 0.2) is 28.4 Å². The van der Waals surface area contributed by atoms with E-state index in [0.717, 1.165) is 12.1 Å². The fourth-order valence-corrected chi connectivity index (χ4v) is 5.40. The number of sulfonamides is 2. The average Bonchev–Trinajstić information content (AvgIpc) is 3.25. The largest absolute Gasteiger partial charge is 0.324 e. The Bertz CT molecular complexity index is 1080. The van der Waals surface area contributed by atoms with Gasteiger partial charge in [-0.1, -0.05) is 23.2 Å². The standard InChI is InChI=1S/C13H13Cl2FN4O4S2/c1-20-6-17-13(12(20)15)26(23,24)19-10-5-11(8(14)4-9(10)16)25(21,22)18-7-2-3-7/h4-7,18-19H,2-3H2,1H3. The Hall–Kier alpha value is -1.40. The molecule has 0 spiro atoms. The second-order valence-electron chi connectivity index (χ2n) is 5.71. The molecule has 1 aromatic heterocycles. The lowest BCUT2D eigenvalue weighted by Crippen LogP contribution is -2.26. The maximum absolute atomic E-state index is 14.2. The van der Waals surface area contributed by atoms with E-state index in [-0.39, 0.29) is 16.2 Å². The summed E-state index contributed by atoms with van der Waals surface area (Å²) in [5.41, 5.74) is -0.590. The summed E-state index contributed by atoms with van der Waals surface area (Å²) in [5, 5.41) is -1.07. The number of hydrogen-bond acceptors (Lipinski definition) is 5. The number of anilines is 1. The molecule has 1 aliphatic rings. The van der Waals surface area contributed by atoms with Crippen LogP contribution in [0.1, 0.15) is 12.8 Å². The number of halogens is 3. The van der Waals surface area contributed by atoms with Crippen LogP contribution in [0.4, 0.5) is 10.1 Å². The second-order valence-corrected chi connectivity index (χ2v) is 9.76. The Kier molecular flexibility index (Phi) is 4.95. The van der Waals surface area contributed by atoms with Gasteiger partial charge < -0.3 is 4.57 Å². The normalized spacial score (nSPS) is 15.2. The molecule has 0 aliphatic heterocycles. The van der Waals surface area contributed by atoms with E-state index >= 15 is 0 Å². The van der Waals surface area contributed by atoms with Crippen molar-refractivity contribution in [2.45, 2.75) is 28.8 Å². The molecule has 13 heteroatoms. The predicted molar refractivity (Wildman–Crippen MR) is 93.8 cm³/mol. The Morgan fingerprint density at radius 3 is 2.38 bits per heavy atom. The molecule has 1 fully saturated rings. The van der Waals surface area contributed by atoms with Gasteiger partial charge in [0.2, 0.25) is 15.0 Å². The van der Waals surface area contributed by atoms with Gasteiger partial charge in [-0.3, -0.25) is 4.72 Å². The Morgan fingerprint density at radius 2 is 1.85 bits per heavy atom. The summed E-state index contributed by atoms with van der Waals surface area (Å²) in [5.74, 6) is -1.05. The molecule has 0 atom stereocenters. The van der Waals surface area contributed by atoms with Crippen molar-refractivity contribution >= 4 is 48.9 Å². The first kappa shape index (κ1) is 19.4. The molecule has 1 aliphatic carbocycles. The highest BCUT2D eigenvalue weighted by Crippen LogP contribution is 2.31. The zero-order valence-electron chi connectivity index (χ0n) is 13.2. The van der Waals surface area contributed by atoms with E-state index < -0.39 is 41.5 Å². The molecule has 1 heterocycles. The summed E-state index contributed by atoms with van der Waals surface area (Å²) in [6, 6.07) is 1.34. The zero-order valence-corrected chi connectivity index (χ0v) is 16.3. The maximum atomic E-state index is 14.2. The van der Waals surface area contributed by atoms with Gasteiger partial charge in [0, 0.05) is 13.1 Å². The molecule has 8 nitrogen and oxygen atoms in total. The lowest BCUT2D eigenvalue weighted by Gasteiger charge is -2.12. The van der Waals surface area contributed by atoms with E-state index in [2.05, 4.69) is 9.71 Å². The van der Waals surface area contributed by atoms with Crippen molar-refractivity contribution in [3.63, 3.8) is 0 Å². The predicted octanol–water partition coefficient (Wildman–Crippen LogP) is 2.11.